The molecule has 4 heteroatoms. The predicted octanol–water partition coefficient (Wildman–Crippen LogP) is 3.84. The van der Waals surface area contributed by atoms with Crippen molar-refractivity contribution in [3.05, 3.63) is 64.7 Å². The van der Waals surface area contributed by atoms with Crippen LogP contribution in [0.1, 0.15) is 24.0 Å². The molecule has 1 N–H and O–H groups in total. The molecule has 0 saturated carbocycles. The van der Waals surface area contributed by atoms with Crippen molar-refractivity contribution in [1.29, 1.82) is 0 Å². The number of fused-ring (bicyclic) bond motifs is 1. The van der Waals surface area contributed by atoms with Crippen molar-refractivity contribution >= 4 is 23.2 Å². The van der Waals surface area contributed by atoms with Gasteiger partial charge in [-0.1, -0.05) is 41.9 Å². The Labute approximate surface area is 148 Å². The number of halogens is 1. The zero-order valence-electron chi connectivity index (χ0n) is 13.8. The Kier molecular flexibility index (Phi) is 5.76. The van der Waals surface area contributed by atoms with E-state index in [1.54, 1.807) is 0 Å². The van der Waals surface area contributed by atoms with Gasteiger partial charge in [0.15, 0.2) is 0 Å². The average molecular weight is 343 g/mol. The van der Waals surface area contributed by atoms with Crippen LogP contribution in [-0.2, 0) is 17.6 Å². The molecule has 0 saturated heterocycles. The van der Waals surface area contributed by atoms with E-state index in [0.717, 1.165) is 25.1 Å². The molecule has 1 aliphatic rings. The van der Waals surface area contributed by atoms with Gasteiger partial charge in [0.1, 0.15) is 0 Å². The third kappa shape index (κ3) is 4.51. The highest BCUT2D eigenvalue weighted by atomic mass is 35.5. The molecular formula is C20H23ClN2O. The Hall–Kier alpha value is -2.00. The lowest BCUT2D eigenvalue weighted by molar-refractivity contribution is -0.120. The van der Waals surface area contributed by atoms with E-state index in [0.29, 0.717) is 18.0 Å². The highest BCUT2D eigenvalue weighted by molar-refractivity contribution is 6.30. The van der Waals surface area contributed by atoms with Gasteiger partial charge in [0.25, 0.3) is 0 Å². The van der Waals surface area contributed by atoms with Crippen LogP contribution in [0.3, 0.4) is 0 Å². The summed E-state index contributed by atoms with van der Waals surface area (Å²) < 4.78 is 0. The first-order valence-corrected chi connectivity index (χ1v) is 8.94. The minimum absolute atomic E-state index is 0.0661. The Morgan fingerprint density at radius 2 is 1.92 bits per heavy atom. The number of rotatable bonds is 6. The summed E-state index contributed by atoms with van der Waals surface area (Å²) in [6.45, 7) is 2.80. The van der Waals surface area contributed by atoms with Gasteiger partial charge in [-0.3, -0.25) is 4.79 Å². The van der Waals surface area contributed by atoms with E-state index in [9.17, 15) is 4.79 Å². The molecule has 0 aromatic heterocycles. The first kappa shape index (κ1) is 16.8. The highest BCUT2D eigenvalue weighted by Crippen LogP contribution is 2.26. The molecule has 2 aromatic rings. The Bertz CT molecular complexity index is 684. The molecule has 0 fully saturated rings. The van der Waals surface area contributed by atoms with Crippen LogP contribution < -0.4 is 10.2 Å². The molecule has 1 amide bonds. The number of carbonyl (C=O) groups excluding carboxylic acids is 1. The SMILES string of the molecule is O=C(Cc1ccc(Cl)cc1)NCCCN1CCCc2ccccc21. The fourth-order valence-corrected chi connectivity index (χ4v) is 3.32. The van der Waals surface area contributed by atoms with Crippen LogP contribution in [0.15, 0.2) is 48.5 Å². The molecule has 1 aliphatic heterocycles. The molecule has 0 spiro atoms. The number of anilines is 1. The standard InChI is InChI=1S/C20H23ClN2O/c21-18-10-8-16(9-11-18)15-20(24)22-12-4-14-23-13-3-6-17-5-1-2-7-19(17)23/h1-2,5,7-11H,3-4,6,12-15H2,(H,22,24). The predicted molar refractivity (Wildman–Crippen MR) is 99.8 cm³/mol. The highest BCUT2D eigenvalue weighted by Gasteiger charge is 2.15. The molecule has 0 radical (unpaired) electrons. The van der Waals surface area contributed by atoms with Crippen molar-refractivity contribution in [3.63, 3.8) is 0 Å². The van der Waals surface area contributed by atoms with Crippen LogP contribution in [0.25, 0.3) is 0 Å². The molecular weight excluding hydrogens is 320 g/mol. The van der Waals surface area contributed by atoms with Crippen molar-refractivity contribution in [2.24, 2.45) is 0 Å². The van der Waals surface area contributed by atoms with Gasteiger partial charge in [0.05, 0.1) is 6.42 Å². The van der Waals surface area contributed by atoms with E-state index in [1.807, 2.05) is 24.3 Å². The molecule has 2 aromatic carbocycles. The van der Waals surface area contributed by atoms with E-state index >= 15 is 0 Å². The van der Waals surface area contributed by atoms with Gasteiger partial charge in [0, 0.05) is 30.3 Å². The number of hydrogen-bond acceptors (Lipinski definition) is 2. The minimum atomic E-state index is 0.0661. The fraction of sp³-hybridized carbons (Fsp3) is 0.350. The summed E-state index contributed by atoms with van der Waals surface area (Å²) in [7, 11) is 0. The van der Waals surface area contributed by atoms with Crippen LogP contribution in [0.2, 0.25) is 5.02 Å². The maximum atomic E-state index is 12.0. The molecule has 0 atom stereocenters. The fourth-order valence-electron chi connectivity index (χ4n) is 3.19. The van der Waals surface area contributed by atoms with Crippen molar-refractivity contribution in [1.82, 2.24) is 5.32 Å². The number of carbonyl (C=O) groups is 1. The number of hydrogen-bond donors (Lipinski definition) is 1. The first-order chi connectivity index (χ1) is 11.7. The van der Waals surface area contributed by atoms with Crippen molar-refractivity contribution in [3.8, 4) is 0 Å². The molecule has 3 nitrogen and oxygen atoms in total. The van der Waals surface area contributed by atoms with Crippen LogP contribution in [-0.4, -0.2) is 25.5 Å². The Balaban J connectivity index is 1.41. The van der Waals surface area contributed by atoms with Gasteiger partial charge in [-0.05, 0) is 48.6 Å². The Morgan fingerprint density at radius 3 is 2.75 bits per heavy atom. The Morgan fingerprint density at radius 1 is 1.12 bits per heavy atom. The summed E-state index contributed by atoms with van der Waals surface area (Å²) in [6, 6.07) is 16.1. The lowest BCUT2D eigenvalue weighted by atomic mass is 10.0. The summed E-state index contributed by atoms with van der Waals surface area (Å²) in [5.74, 6) is 0.0661. The number of para-hydroxylation sites is 1. The maximum Gasteiger partial charge on any atom is 0.224 e. The van der Waals surface area contributed by atoms with Gasteiger partial charge in [-0.15, -0.1) is 0 Å². The second-order valence-electron chi connectivity index (χ2n) is 6.23. The van der Waals surface area contributed by atoms with E-state index in [-0.39, 0.29) is 5.91 Å². The van der Waals surface area contributed by atoms with Crippen LogP contribution in [0.5, 0.6) is 0 Å². The van der Waals surface area contributed by atoms with Crippen molar-refractivity contribution < 1.29 is 4.79 Å². The molecule has 126 valence electrons. The second kappa shape index (κ2) is 8.20. The lowest BCUT2D eigenvalue weighted by Crippen LogP contribution is -2.33. The summed E-state index contributed by atoms with van der Waals surface area (Å²) in [6.07, 6.45) is 3.74. The van der Waals surface area contributed by atoms with Crippen LogP contribution in [0, 0.1) is 0 Å². The van der Waals surface area contributed by atoms with Gasteiger partial charge in [0.2, 0.25) is 5.91 Å². The van der Waals surface area contributed by atoms with Gasteiger partial charge < -0.3 is 10.2 Å². The quantitative estimate of drug-likeness (QED) is 0.809. The smallest absolute Gasteiger partial charge is 0.224 e. The summed E-state index contributed by atoms with van der Waals surface area (Å²) in [4.78, 5) is 14.4. The summed E-state index contributed by atoms with van der Waals surface area (Å²) in [5, 5.41) is 3.71. The third-order valence-corrected chi connectivity index (χ3v) is 4.66. The van der Waals surface area contributed by atoms with Gasteiger partial charge >= 0.3 is 0 Å². The molecule has 3 rings (SSSR count). The normalized spacial score (nSPS) is 13.5. The molecule has 1 heterocycles. The van der Waals surface area contributed by atoms with Gasteiger partial charge in [-0.25, -0.2) is 0 Å². The number of benzene rings is 2. The third-order valence-electron chi connectivity index (χ3n) is 4.41. The van der Waals surface area contributed by atoms with Crippen molar-refractivity contribution in [2.45, 2.75) is 25.7 Å². The average Bonchev–Trinajstić information content (AvgIpc) is 2.61. The summed E-state index contributed by atoms with van der Waals surface area (Å²) >= 11 is 5.86. The van der Waals surface area contributed by atoms with Gasteiger partial charge in [-0.2, -0.15) is 0 Å². The second-order valence-corrected chi connectivity index (χ2v) is 6.66. The van der Waals surface area contributed by atoms with E-state index in [2.05, 4.69) is 34.5 Å². The van der Waals surface area contributed by atoms with E-state index < -0.39 is 0 Å². The topological polar surface area (TPSA) is 32.3 Å². The molecule has 0 unspecified atom stereocenters. The first-order valence-electron chi connectivity index (χ1n) is 8.56. The number of aryl methyl sites for hydroxylation is 1. The summed E-state index contributed by atoms with van der Waals surface area (Å²) in [5.41, 5.74) is 3.79. The van der Waals surface area contributed by atoms with Crippen LogP contribution in [0.4, 0.5) is 5.69 Å². The monoisotopic (exact) mass is 342 g/mol. The zero-order valence-corrected chi connectivity index (χ0v) is 14.6. The largest absolute Gasteiger partial charge is 0.371 e. The molecule has 0 aliphatic carbocycles. The van der Waals surface area contributed by atoms with Crippen molar-refractivity contribution in [2.75, 3.05) is 24.5 Å². The lowest BCUT2D eigenvalue weighted by Gasteiger charge is -2.31. The maximum absolute atomic E-state index is 12.0. The number of nitrogens with one attached hydrogen (secondary N) is 1. The number of nitrogens with zero attached hydrogens (tertiary/aromatic N) is 1. The minimum Gasteiger partial charge on any atom is -0.371 e. The van der Waals surface area contributed by atoms with E-state index in [4.69, 9.17) is 11.6 Å². The molecule has 0 bridgehead atoms. The number of amides is 1. The van der Waals surface area contributed by atoms with Crippen LogP contribution >= 0.6 is 11.6 Å². The zero-order chi connectivity index (χ0) is 16.8. The van der Waals surface area contributed by atoms with E-state index in [1.165, 1.54) is 24.1 Å². The molecule has 24 heavy (non-hydrogen) atoms.